The van der Waals surface area contributed by atoms with Gasteiger partial charge in [0.05, 0.1) is 9.83 Å². The molecule has 0 saturated carbocycles. The fourth-order valence-electron chi connectivity index (χ4n) is 1.54. The van der Waals surface area contributed by atoms with Crippen LogP contribution in [0.5, 0.6) is 0 Å². The lowest BCUT2D eigenvalue weighted by molar-refractivity contribution is 0.617. The van der Waals surface area contributed by atoms with Crippen molar-refractivity contribution in [3.05, 3.63) is 54.3 Å². The van der Waals surface area contributed by atoms with Crippen molar-refractivity contribution in [1.82, 2.24) is 0 Å². The molecule has 0 amide bonds. The summed E-state index contributed by atoms with van der Waals surface area (Å²) in [5.74, 6) is -0.200. The Morgan fingerprint density at radius 3 is 2.53 bits per heavy atom. The van der Waals surface area contributed by atoms with E-state index in [4.69, 9.17) is 5.73 Å². The Morgan fingerprint density at radius 1 is 1.29 bits per heavy atom. The average Bonchev–Trinajstić information content (AvgIpc) is 2.62. The molecule has 1 aromatic carbocycles. The maximum atomic E-state index is 13.2. The summed E-state index contributed by atoms with van der Waals surface area (Å²) >= 11 is 8.45. The minimum absolute atomic E-state index is 0.200. The molecule has 2 rings (SSSR count). The second-order valence-electron chi connectivity index (χ2n) is 3.76. The van der Waals surface area contributed by atoms with E-state index in [-0.39, 0.29) is 11.9 Å². The molecule has 0 fully saturated rings. The molecule has 1 unspecified atom stereocenters. The van der Waals surface area contributed by atoms with Crippen molar-refractivity contribution in [3.8, 4) is 0 Å². The number of rotatable bonds is 2. The molecule has 0 radical (unpaired) electrons. The number of halogens is 3. The zero-order chi connectivity index (χ0) is 12.6. The smallest absolute Gasteiger partial charge is 0.126 e. The summed E-state index contributed by atoms with van der Waals surface area (Å²) in [6, 6.07) is 6.75. The highest BCUT2D eigenvalue weighted by Gasteiger charge is 2.14. The molecular weight excluding hydrogens is 369 g/mol. The lowest BCUT2D eigenvalue weighted by Gasteiger charge is -2.10. The lowest BCUT2D eigenvalue weighted by Crippen LogP contribution is -2.10. The van der Waals surface area contributed by atoms with E-state index in [0.717, 1.165) is 18.7 Å². The molecule has 0 aliphatic heterocycles. The number of aryl methyl sites for hydroxylation is 1. The lowest BCUT2D eigenvalue weighted by atomic mass is 10.0. The molecule has 1 atom stereocenters. The van der Waals surface area contributed by atoms with Crippen LogP contribution < -0.4 is 5.73 Å². The van der Waals surface area contributed by atoms with Gasteiger partial charge < -0.3 is 5.73 Å². The van der Waals surface area contributed by atoms with E-state index in [1.165, 1.54) is 6.07 Å². The van der Waals surface area contributed by atoms with E-state index in [1.807, 2.05) is 6.07 Å². The molecule has 0 saturated heterocycles. The van der Waals surface area contributed by atoms with Gasteiger partial charge in [0.1, 0.15) is 5.82 Å². The Hall–Kier alpha value is -0.230. The highest BCUT2D eigenvalue weighted by molar-refractivity contribution is 9.13. The first-order valence-corrected chi connectivity index (χ1v) is 7.35. The first-order valence-electron chi connectivity index (χ1n) is 4.95. The monoisotopic (exact) mass is 377 g/mol. The zero-order valence-corrected chi connectivity index (χ0v) is 13.0. The minimum atomic E-state index is -0.220. The van der Waals surface area contributed by atoms with Crippen molar-refractivity contribution >= 4 is 43.2 Å². The van der Waals surface area contributed by atoms with Crippen LogP contribution in [0.15, 0.2) is 32.5 Å². The van der Waals surface area contributed by atoms with Gasteiger partial charge in [0, 0.05) is 9.35 Å². The maximum absolute atomic E-state index is 13.2. The van der Waals surface area contributed by atoms with Gasteiger partial charge in [-0.25, -0.2) is 4.39 Å². The van der Waals surface area contributed by atoms with Crippen molar-refractivity contribution in [1.29, 1.82) is 0 Å². The summed E-state index contributed by atoms with van der Waals surface area (Å²) in [5, 5.41) is 0. The standard InChI is InChI=1S/C12H10Br2FNS/c1-6-4-7(2-3-9(6)15)11(16)10-5-8(13)12(14)17-10/h2-5,11H,16H2,1H3. The van der Waals surface area contributed by atoms with Crippen molar-refractivity contribution in [2.75, 3.05) is 0 Å². The number of hydrogen-bond donors (Lipinski definition) is 1. The van der Waals surface area contributed by atoms with Crippen LogP contribution in [0.2, 0.25) is 0 Å². The summed E-state index contributed by atoms with van der Waals surface area (Å²) in [5.41, 5.74) is 7.70. The molecular formula is C12H10Br2FNS. The molecule has 17 heavy (non-hydrogen) atoms. The van der Waals surface area contributed by atoms with Gasteiger partial charge in [-0.15, -0.1) is 11.3 Å². The summed E-state index contributed by atoms with van der Waals surface area (Å²) in [4.78, 5) is 1.04. The van der Waals surface area contributed by atoms with Crippen molar-refractivity contribution in [2.45, 2.75) is 13.0 Å². The summed E-state index contributed by atoms with van der Waals surface area (Å²) in [6.07, 6.45) is 0. The molecule has 0 bridgehead atoms. The summed E-state index contributed by atoms with van der Waals surface area (Å²) in [7, 11) is 0. The number of benzene rings is 1. The number of hydrogen-bond acceptors (Lipinski definition) is 2. The van der Waals surface area contributed by atoms with E-state index >= 15 is 0 Å². The number of nitrogens with two attached hydrogens (primary N) is 1. The van der Waals surface area contributed by atoms with E-state index in [2.05, 4.69) is 31.9 Å². The van der Waals surface area contributed by atoms with Crippen molar-refractivity contribution < 1.29 is 4.39 Å². The first-order chi connectivity index (χ1) is 7.99. The Balaban J connectivity index is 2.36. The summed E-state index contributed by atoms with van der Waals surface area (Å²) in [6.45, 7) is 1.74. The predicted octanol–water partition coefficient (Wildman–Crippen LogP) is 4.77. The van der Waals surface area contributed by atoms with Gasteiger partial charge >= 0.3 is 0 Å². The molecule has 1 aromatic heterocycles. The van der Waals surface area contributed by atoms with Gasteiger partial charge in [0.15, 0.2) is 0 Å². The van der Waals surface area contributed by atoms with E-state index in [1.54, 1.807) is 30.4 Å². The Kier molecular flexibility index (Phi) is 4.02. The van der Waals surface area contributed by atoms with Crippen LogP contribution in [0.3, 0.4) is 0 Å². The van der Waals surface area contributed by atoms with Gasteiger partial charge in [-0.1, -0.05) is 12.1 Å². The SMILES string of the molecule is Cc1cc(C(N)c2cc(Br)c(Br)s2)ccc1F. The van der Waals surface area contributed by atoms with Crippen molar-refractivity contribution in [2.24, 2.45) is 5.73 Å². The van der Waals surface area contributed by atoms with Gasteiger partial charge in [0.25, 0.3) is 0 Å². The van der Waals surface area contributed by atoms with Crippen LogP contribution in [-0.4, -0.2) is 0 Å². The van der Waals surface area contributed by atoms with Crippen LogP contribution in [0.25, 0.3) is 0 Å². The fourth-order valence-corrected chi connectivity index (χ4v) is 3.66. The third kappa shape index (κ3) is 2.78. The van der Waals surface area contributed by atoms with E-state index in [0.29, 0.717) is 5.56 Å². The van der Waals surface area contributed by atoms with Gasteiger partial charge in [-0.3, -0.25) is 0 Å². The third-order valence-electron chi connectivity index (χ3n) is 2.51. The number of thiophene rings is 1. The van der Waals surface area contributed by atoms with Gasteiger partial charge in [-0.2, -0.15) is 0 Å². The van der Waals surface area contributed by atoms with Crippen LogP contribution >= 0.6 is 43.2 Å². The molecule has 0 aliphatic carbocycles. The molecule has 0 spiro atoms. The quantitative estimate of drug-likeness (QED) is 0.800. The molecule has 1 nitrogen and oxygen atoms in total. The maximum Gasteiger partial charge on any atom is 0.126 e. The average molecular weight is 379 g/mol. The normalized spacial score (nSPS) is 12.8. The van der Waals surface area contributed by atoms with Crippen molar-refractivity contribution in [3.63, 3.8) is 0 Å². The fraction of sp³-hybridized carbons (Fsp3) is 0.167. The topological polar surface area (TPSA) is 26.0 Å². The van der Waals surface area contributed by atoms with Crippen LogP contribution in [0.1, 0.15) is 22.0 Å². The van der Waals surface area contributed by atoms with Gasteiger partial charge in [0.2, 0.25) is 0 Å². The second-order valence-corrected chi connectivity index (χ2v) is 7.01. The zero-order valence-electron chi connectivity index (χ0n) is 9.01. The first kappa shape index (κ1) is 13.2. The molecule has 2 N–H and O–H groups in total. The van der Waals surface area contributed by atoms with Crippen LogP contribution in [0, 0.1) is 12.7 Å². The Bertz CT molecular complexity index is 534. The molecule has 0 aliphatic rings. The third-order valence-corrected chi connectivity index (χ3v) is 5.85. The molecule has 90 valence electrons. The predicted molar refractivity (Wildman–Crippen MR) is 76.9 cm³/mol. The van der Waals surface area contributed by atoms with Crippen LogP contribution in [-0.2, 0) is 0 Å². The van der Waals surface area contributed by atoms with E-state index < -0.39 is 0 Å². The van der Waals surface area contributed by atoms with E-state index in [9.17, 15) is 4.39 Å². The summed E-state index contributed by atoms with van der Waals surface area (Å²) < 4.78 is 15.2. The largest absolute Gasteiger partial charge is 0.320 e. The van der Waals surface area contributed by atoms with Gasteiger partial charge in [-0.05, 0) is 62.0 Å². The molecule has 2 aromatic rings. The molecule has 5 heteroatoms. The van der Waals surface area contributed by atoms with Crippen LogP contribution in [0.4, 0.5) is 4.39 Å². The highest BCUT2D eigenvalue weighted by atomic mass is 79.9. The molecule has 1 heterocycles. The second kappa shape index (κ2) is 5.18. The Morgan fingerprint density at radius 2 is 2.00 bits per heavy atom. The Labute approximate surface area is 120 Å². The minimum Gasteiger partial charge on any atom is -0.320 e. The highest BCUT2D eigenvalue weighted by Crippen LogP contribution is 2.36.